The molecule has 2 aromatic rings. The van der Waals surface area contributed by atoms with E-state index in [4.69, 9.17) is 4.74 Å². The number of aryl methyl sites for hydroxylation is 2. The first-order valence-electron chi connectivity index (χ1n) is 10.5. The molecule has 2 fully saturated rings. The maximum absolute atomic E-state index is 6.00. The molecular weight excluding hydrogens is 356 g/mol. The summed E-state index contributed by atoms with van der Waals surface area (Å²) in [5, 5.41) is 1.29. The third-order valence-electron chi connectivity index (χ3n) is 6.14. The van der Waals surface area contributed by atoms with Crippen LogP contribution in [-0.4, -0.2) is 60.8 Å². The second-order valence-corrected chi connectivity index (χ2v) is 9.13. The van der Waals surface area contributed by atoms with Gasteiger partial charge in [0.15, 0.2) is 0 Å². The highest BCUT2D eigenvalue weighted by Crippen LogP contribution is 2.36. The number of likely N-dealkylation sites (tertiary alicyclic amines) is 1. The minimum absolute atomic E-state index is 0.687. The van der Waals surface area contributed by atoms with Crippen LogP contribution in [0.25, 0.3) is 10.2 Å². The maximum atomic E-state index is 6.00. The monoisotopic (exact) mass is 388 g/mol. The van der Waals surface area contributed by atoms with Gasteiger partial charge in [-0.3, -0.25) is 0 Å². The predicted molar refractivity (Wildman–Crippen MR) is 113 cm³/mol. The molecule has 0 unspecified atom stereocenters. The lowest BCUT2D eigenvalue weighted by atomic mass is 9.97. The van der Waals surface area contributed by atoms with Gasteiger partial charge in [-0.15, -0.1) is 11.3 Å². The summed E-state index contributed by atoms with van der Waals surface area (Å²) in [5.74, 6) is 1.83. The fraction of sp³-hybridized carbons (Fsp3) is 0.714. The van der Waals surface area contributed by atoms with Gasteiger partial charge in [0.1, 0.15) is 17.0 Å². The molecule has 0 atom stereocenters. The summed E-state index contributed by atoms with van der Waals surface area (Å²) in [5.41, 5.74) is 1.43. The summed E-state index contributed by atoms with van der Waals surface area (Å²) in [6, 6.07) is 0. The van der Waals surface area contributed by atoms with E-state index in [9.17, 15) is 0 Å². The smallest absolute Gasteiger partial charge is 0.141 e. The first-order valence-corrected chi connectivity index (χ1v) is 11.4. The normalized spacial score (nSPS) is 19.4. The van der Waals surface area contributed by atoms with Crippen molar-refractivity contribution in [2.75, 3.05) is 50.8 Å². The fourth-order valence-electron chi connectivity index (χ4n) is 4.51. The van der Waals surface area contributed by atoms with Crippen LogP contribution in [0.3, 0.4) is 0 Å². The Morgan fingerprint density at radius 3 is 2.67 bits per heavy atom. The number of aromatic nitrogens is 2. The number of hydrogen-bond acceptors (Lipinski definition) is 6. The van der Waals surface area contributed by atoms with Crippen LogP contribution in [0.5, 0.6) is 0 Å². The van der Waals surface area contributed by atoms with Gasteiger partial charge in [-0.25, -0.2) is 9.97 Å². The third kappa shape index (κ3) is 4.28. The van der Waals surface area contributed by atoms with Crippen molar-refractivity contribution in [2.45, 2.75) is 46.0 Å². The molecule has 0 aromatic carbocycles. The van der Waals surface area contributed by atoms with E-state index in [2.05, 4.69) is 33.6 Å². The molecule has 2 aliphatic heterocycles. The maximum Gasteiger partial charge on any atom is 0.141 e. The highest BCUT2D eigenvalue weighted by molar-refractivity contribution is 7.18. The molecule has 2 aromatic heterocycles. The average Bonchev–Trinajstić information content (AvgIpc) is 3.32. The summed E-state index contributed by atoms with van der Waals surface area (Å²) in [4.78, 5) is 16.7. The van der Waals surface area contributed by atoms with E-state index < -0.39 is 0 Å². The molecular formula is C21H32N4OS. The van der Waals surface area contributed by atoms with Crippen LogP contribution in [0.4, 0.5) is 5.82 Å². The van der Waals surface area contributed by atoms with Crippen molar-refractivity contribution in [3.63, 3.8) is 0 Å². The molecule has 0 amide bonds. The zero-order chi connectivity index (χ0) is 18.6. The molecule has 148 valence electrons. The van der Waals surface area contributed by atoms with Gasteiger partial charge in [-0.1, -0.05) is 6.92 Å². The van der Waals surface area contributed by atoms with Gasteiger partial charge in [0.2, 0.25) is 0 Å². The molecule has 27 heavy (non-hydrogen) atoms. The van der Waals surface area contributed by atoms with E-state index in [0.717, 1.165) is 49.9 Å². The molecule has 5 nitrogen and oxygen atoms in total. The Balaban J connectivity index is 1.31. The number of hydrogen-bond donors (Lipinski definition) is 0. The number of piperidine rings is 1. The SMILES string of the molecule is CCc1c(C)sc2ncnc(N3CCC(COCCN4CCCC4)CC3)c12. The first kappa shape index (κ1) is 19.1. The Labute approximate surface area is 166 Å². The fourth-order valence-corrected chi connectivity index (χ4v) is 5.59. The van der Waals surface area contributed by atoms with Gasteiger partial charge in [0.05, 0.1) is 12.0 Å². The van der Waals surface area contributed by atoms with Gasteiger partial charge in [-0.2, -0.15) is 0 Å². The van der Waals surface area contributed by atoms with Gasteiger partial charge < -0.3 is 14.5 Å². The molecule has 0 spiro atoms. The molecule has 0 saturated carbocycles. The molecule has 4 rings (SSSR count). The Kier molecular flexibility index (Phi) is 6.25. The molecule has 2 saturated heterocycles. The highest BCUT2D eigenvalue weighted by atomic mass is 32.1. The van der Waals surface area contributed by atoms with Gasteiger partial charge in [0.25, 0.3) is 0 Å². The van der Waals surface area contributed by atoms with Crippen LogP contribution in [-0.2, 0) is 11.2 Å². The largest absolute Gasteiger partial charge is 0.380 e. The summed E-state index contributed by atoms with van der Waals surface area (Å²) in [7, 11) is 0. The van der Waals surface area contributed by atoms with Gasteiger partial charge in [-0.05, 0) is 63.6 Å². The van der Waals surface area contributed by atoms with Crippen molar-refractivity contribution in [3.05, 3.63) is 16.8 Å². The number of thiophene rings is 1. The molecule has 6 heteroatoms. The quantitative estimate of drug-likeness (QED) is 0.673. The topological polar surface area (TPSA) is 41.5 Å². The first-order chi connectivity index (χ1) is 13.3. The summed E-state index contributed by atoms with van der Waals surface area (Å²) in [6.07, 6.45) is 7.89. The van der Waals surface area contributed by atoms with Crippen molar-refractivity contribution in [1.29, 1.82) is 0 Å². The Hall–Kier alpha value is -1.24. The van der Waals surface area contributed by atoms with Crippen molar-refractivity contribution < 1.29 is 4.74 Å². The van der Waals surface area contributed by atoms with Gasteiger partial charge >= 0.3 is 0 Å². The Morgan fingerprint density at radius 1 is 1.15 bits per heavy atom. The number of fused-ring (bicyclic) bond motifs is 1. The minimum atomic E-state index is 0.687. The van der Waals surface area contributed by atoms with Crippen molar-refractivity contribution in [2.24, 2.45) is 5.92 Å². The van der Waals surface area contributed by atoms with Crippen molar-refractivity contribution >= 4 is 27.4 Å². The van der Waals surface area contributed by atoms with E-state index in [1.807, 2.05) is 0 Å². The van der Waals surface area contributed by atoms with E-state index in [1.54, 1.807) is 17.7 Å². The zero-order valence-corrected chi connectivity index (χ0v) is 17.6. The van der Waals surface area contributed by atoms with Crippen LogP contribution in [0.2, 0.25) is 0 Å². The van der Waals surface area contributed by atoms with Crippen LogP contribution < -0.4 is 4.90 Å². The van der Waals surface area contributed by atoms with E-state index >= 15 is 0 Å². The highest BCUT2D eigenvalue weighted by Gasteiger charge is 2.24. The van der Waals surface area contributed by atoms with E-state index in [-0.39, 0.29) is 0 Å². The molecule has 0 aliphatic carbocycles. The Morgan fingerprint density at radius 2 is 1.93 bits per heavy atom. The van der Waals surface area contributed by atoms with Crippen LogP contribution in [0.1, 0.15) is 43.0 Å². The van der Waals surface area contributed by atoms with Crippen LogP contribution >= 0.6 is 11.3 Å². The predicted octanol–water partition coefficient (Wildman–Crippen LogP) is 3.89. The lowest BCUT2D eigenvalue weighted by Gasteiger charge is -2.33. The zero-order valence-electron chi connectivity index (χ0n) is 16.7. The lowest BCUT2D eigenvalue weighted by Crippen LogP contribution is -2.36. The van der Waals surface area contributed by atoms with E-state index in [1.165, 1.54) is 54.6 Å². The Bertz CT molecular complexity index is 748. The van der Waals surface area contributed by atoms with Gasteiger partial charge in [0, 0.05) is 31.1 Å². The van der Waals surface area contributed by atoms with Crippen LogP contribution in [0.15, 0.2) is 6.33 Å². The summed E-state index contributed by atoms with van der Waals surface area (Å²) in [6.45, 7) is 12.0. The summed E-state index contributed by atoms with van der Waals surface area (Å²) < 4.78 is 6.00. The molecule has 0 N–H and O–H groups in total. The van der Waals surface area contributed by atoms with Crippen LogP contribution in [0, 0.1) is 12.8 Å². The molecule has 2 aliphatic rings. The number of nitrogens with zero attached hydrogens (tertiary/aromatic N) is 4. The molecule has 0 radical (unpaired) electrons. The average molecular weight is 389 g/mol. The molecule has 4 heterocycles. The third-order valence-corrected chi connectivity index (χ3v) is 7.20. The number of rotatable bonds is 7. The standard InChI is InChI=1S/C21H32N4OS/c1-3-18-16(2)27-21-19(18)20(22-15-23-21)25-10-6-17(7-11-25)14-26-13-12-24-8-4-5-9-24/h15,17H,3-14H2,1-2H3. The lowest BCUT2D eigenvalue weighted by molar-refractivity contribution is 0.0753. The second-order valence-electron chi connectivity index (χ2n) is 7.92. The van der Waals surface area contributed by atoms with Crippen molar-refractivity contribution in [3.8, 4) is 0 Å². The van der Waals surface area contributed by atoms with Crippen molar-refractivity contribution in [1.82, 2.24) is 14.9 Å². The van der Waals surface area contributed by atoms with E-state index in [0.29, 0.717) is 5.92 Å². The molecule has 0 bridgehead atoms. The minimum Gasteiger partial charge on any atom is -0.380 e. The number of ether oxygens (including phenoxy) is 1. The number of anilines is 1. The summed E-state index contributed by atoms with van der Waals surface area (Å²) >= 11 is 1.80. The second kappa shape index (κ2) is 8.84.